The number of allylic oxidation sites excluding steroid dienone is 4. The molecule has 0 aliphatic rings. The van der Waals surface area contributed by atoms with Gasteiger partial charge < -0.3 is 0 Å². The van der Waals surface area contributed by atoms with Crippen LogP contribution in [0.15, 0.2) is 55.1 Å². The molecule has 0 fully saturated rings. The number of rotatable bonds is 3. The molecule has 0 spiro atoms. The second-order valence-electron chi connectivity index (χ2n) is 3.43. The molecule has 1 aromatic carbocycles. The SMILES string of the molecule is C=C/C=C(/C)C(=C)c1ccc(C)cc1. The lowest BCUT2D eigenvalue weighted by Gasteiger charge is -2.05. The quantitative estimate of drug-likeness (QED) is 0.619. The van der Waals surface area contributed by atoms with Crippen LogP contribution in [-0.2, 0) is 0 Å². The predicted octanol–water partition coefficient (Wildman–Crippen LogP) is 4.14. The van der Waals surface area contributed by atoms with E-state index in [1.54, 1.807) is 6.08 Å². The third kappa shape index (κ3) is 2.46. The van der Waals surface area contributed by atoms with Crippen molar-refractivity contribution in [2.75, 3.05) is 0 Å². The molecular weight excluding hydrogens is 168 g/mol. The molecule has 0 saturated heterocycles. The maximum Gasteiger partial charge on any atom is -0.0187 e. The zero-order chi connectivity index (χ0) is 10.6. The summed E-state index contributed by atoms with van der Waals surface area (Å²) in [7, 11) is 0. The van der Waals surface area contributed by atoms with Gasteiger partial charge in [0.15, 0.2) is 0 Å². The molecule has 0 bridgehead atoms. The molecule has 14 heavy (non-hydrogen) atoms. The van der Waals surface area contributed by atoms with E-state index in [2.05, 4.69) is 44.3 Å². The molecule has 0 saturated carbocycles. The number of aryl methyl sites for hydroxylation is 1. The third-order valence-corrected chi connectivity index (χ3v) is 2.24. The van der Waals surface area contributed by atoms with Gasteiger partial charge in [-0.2, -0.15) is 0 Å². The van der Waals surface area contributed by atoms with Crippen LogP contribution in [0.1, 0.15) is 18.1 Å². The highest BCUT2D eigenvalue weighted by Crippen LogP contribution is 2.20. The first kappa shape index (κ1) is 10.5. The van der Waals surface area contributed by atoms with Crippen LogP contribution in [0.5, 0.6) is 0 Å². The van der Waals surface area contributed by atoms with E-state index >= 15 is 0 Å². The zero-order valence-corrected chi connectivity index (χ0v) is 8.88. The van der Waals surface area contributed by atoms with E-state index in [1.807, 2.05) is 13.0 Å². The van der Waals surface area contributed by atoms with Crippen molar-refractivity contribution in [3.8, 4) is 0 Å². The summed E-state index contributed by atoms with van der Waals surface area (Å²) in [5.74, 6) is 0. The van der Waals surface area contributed by atoms with Gasteiger partial charge in [0.25, 0.3) is 0 Å². The lowest BCUT2D eigenvalue weighted by molar-refractivity contribution is 1.43. The van der Waals surface area contributed by atoms with Gasteiger partial charge >= 0.3 is 0 Å². The molecule has 0 radical (unpaired) electrons. The third-order valence-electron chi connectivity index (χ3n) is 2.24. The lowest BCUT2D eigenvalue weighted by atomic mass is 9.99. The molecule has 0 atom stereocenters. The number of hydrogen-bond acceptors (Lipinski definition) is 0. The highest BCUT2D eigenvalue weighted by Gasteiger charge is 1.99. The van der Waals surface area contributed by atoms with Crippen LogP contribution in [0.2, 0.25) is 0 Å². The van der Waals surface area contributed by atoms with Crippen molar-refractivity contribution in [1.29, 1.82) is 0 Å². The Bertz CT molecular complexity index is 364. The summed E-state index contributed by atoms with van der Waals surface area (Å²) in [6.45, 7) is 11.9. The van der Waals surface area contributed by atoms with Gasteiger partial charge in [0.1, 0.15) is 0 Å². The van der Waals surface area contributed by atoms with Crippen LogP contribution in [0.25, 0.3) is 5.57 Å². The molecular formula is C14H16. The van der Waals surface area contributed by atoms with Crippen LogP contribution < -0.4 is 0 Å². The van der Waals surface area contributed by atoms with E-state index in [1.165, 1.54) is 11.1 Å². The van der Waals surface area contributed by atoms with Crippen LogP contribution in [-0.4, -0.2) is 0 Å². The van der Waals surface area contributed by atoms with Crippen molar-refractivity contribution >= 4 is 5.57 Å². The Morgan fingerprint density at radius 1 is 1.21 bits per heavy atom. The molecule has 0 unspecified atom stereocenters. The fourth-order valence-electron chi connectivity index (χ4n) is 1.26. The van der Waals surface area contributed by atoms with Gasteiger partial charge in [-0.1, -0.05) is 55.1 Å². The van der Waals surface area contributed by atoms with Gasteiger partial charge in [-0.3, -0.25) is 0 Å². The average molecular weight is 184 g/mol. The van der Waals surface area contributed by atoms with Gasteiger partial charge in [0.05, 0.1) is 0 Å². The fraction of sp³-hybridized carbons (Fsp3) is 0.143. The largest absolute Gasteiger partial charge is 0.0991 e. The molecule has 0 heterocycles. The van der Waals surface area contributed by atoms with Crippen molar-refractivity contribution in [3.63, 3.8) is 0 Å². The van der Waals surface area contributed by atoms with Gasteiger partial charge in [0, 0.05) is 0 Å². The number of benzene rings is 1. The van der Waals surface area contributed by atoms with Crippen molar-refractivity contribution in [1.82, 2.24) is 0 Å². The normalized spacial score (nSPS) is 11.1. The first-order valence-corrected chi connectivity index (χ1v) is 4.71. The zero-order valence-electron chi connectivity index (χ0n) is 8.88. The minimum Gasteiger partial charge on any atom is -0.0991 e. The molecule has 0 amide bonds. The van der Waals surface area contributed by atoms with Crippen LogP contribution in [0.4, 0.5) is 0 Å². The standard InChI is InChI=1S/C14H16/c1-5-6-12(3)13(4)14-9-7-11(2)8-10-14/h5-10H,1,4H2,2-3H3/b12-6-. The van der Waals surface area contributed by atoms with E-state index in [9.17, 15) is 0 Å². The smallest absolute Gasteiger partial charge is 0.0187 e. The maximum absolute atomic E-state index is 4.06. The van der Waals surface area contributed by atoms with E-state index in [0.29, 0.717) is 0 Å². The molecule has 0 nitrogen and oxygen atoms in total. The Balaban J connectivity index is 2.95. The van der Waals surface area contributed by atoms with Crippen molar-refractivity contribution in [3.05, 3.63) is 66.3 Å². The van der Waals surface area contributed by atoms with Crippen LogP contribution >= 0.6 is 0 Å². The number of hydrogen-bond donors (Lipinski definition) is 0. The molecule has 1 aromatic rings. The van der Waals surface area contributed by atoms with Gasteiger partial charge in [-0.05, 0) is 30.6 Å². The summed E-state index contributed by atoms with van der Waals surface area (Å²) in [6.07, 6.45) is 3.76. The van der Waals surface area contributed by atoms with Crippen molar-refractivity contribution < 1.29 is 0 Å². The molecule has 0 aromatic heterocycles. The fourth-order valence-corrected chi connectivity index (χ4v) is 1.26. The molecule has 0 aliphatic heterocycles. The molecule has 1 rings (SSSR count). The summed E-state index contributed by atoms with van der Waals surface area (Å²) in [5.41, 5.74) is 4.66. The van der Waals surface area contributed by atoms with Crippen molar-refractivity contribution in [2.45, 2.75) is 13.8 Å². The topological polar surface area (TPSA) is 0 Å². The van der Waals surface area contributed by atoms with Crippen LogP contribution in [0.3, 0.4) is 0 Å². The van der Waals surface area contributed by atoms with E-state index in [0.717, 1.165) is 11.1 Å². The van der Waals surface area contributed by atoms with E-state index in [-0.39, 0.29) is 0 Å². The Hall–Kier alpha value is -1.56. The second-order valence-corrected chi connectivity index (χ2v) is 3.43. The summed E-state index contributed by atoms with van der Waals surface area (Å²) >= 11 is 0. The first-order valence-electron chi connectivity index (χ1n) is 4.71. The van der Waals surface area contributed by atoms with E-state index < -0.39 is 0 Å². The van der Waals surface area contributed by atoms with Gasteiger partial charge in [-0.25, -0.2) is 0 Å². The molecule has 0 N–H and O–H groups in total. The Labute approximate surface area is 86.3 Å². The molecule has 0 aliphatic carbocycles. The van der Waals surface area contributed by atoms with Gasteiger partial charge in [-0.15, -0.1) is 0 Å². The molecule has 0 heteroatoms. The minimum absolute atomic E-state index is 1.06. The van der Waals surface area contributed by atoms with Gasteiger partial charge in [0.2, 0.25) is 0 Å². The Morgan fingerprint density at radius 3 is 2.29 bits per heavy atom. The average Bonchev–Trinajstić information content (AvgIpc) is 2.18. The van der Waals surface area contributed by atoms with E-state index in [4.69, 9.17) is 0 Å². The lowest BCUT2D eigenvalue weighted by Crippen LogP contribution is -1.84. The summed E-state index contributed by atoms with van der Waals surface area (Å²) in [4.78, 5) is 0. The first-order chi connectivity index (χ1) is 6.65. The highest BCUT2D eigenvalue weighted by molar-refractivity contribution is 5.76. The maximum atomic E-state index is 4.06. The Morgan fingerprint density at radius 2 is 1.79 bits per heavy atom. The predicted molar refractivity (Wildman–Crippen MR) is 64.2 cm³/mol. The monoisotopic (exact) mass is 184 g/mol. The minimum atomic E-state index is 1.06. The van der Waals surface area contributed by atoms with Crippen LogP contribution in [0, 0.1) is 6.92 Å². The summed E-state index contributed by atoms with van der Waals surface area (Å²) in [6, 6.07) is 8.39. The van der Waals surface area contributed by atoms with Crippen molar-refractivity contribution in [2.24, 2.45) is 0 Å². The highest BCUT2D eigenvalue weighted by atomic mass is 14.0. The second kappa shape index (κ2) is 4.61. The Kier molecular flexibility index (Phi) is 3.47. The summed E-state index contributed by atoms with van der Waals surface area (Å²) in [5, 5.41) is 0. The molecule has 72 valence electrons. The summed E-state index contributed by atoms with van der Waals surface area (Å²) < 4.78 is 0.